The van der Waals surface area contributed by atoms with Crippen LogP contribution < -0.4 is 10.3 Å². The molecule has 1 amide bonds. The first-order valence-electron chi connectivity index (χ1n) is 10.5. The fourth-order valence-electron chi connectivity index (χ4n) is 4.41. The number of halogens is 1. The molecule has 1 saturated heterocycles. The lowest BCUT2D eigenvalue weighted by molar-refractivity contribution is 0.0659. The van der Waals surface area contributed by atoms with Gasteiger partial charge in [0.1, 0.15) is 22.6 Å². The zero-order valence-electron chi connectivity index (χ0n) is 18.2. The summed E-state index contributed by atoms with van der Waals surface area (Å²) in [6.07, 6.45) is 5.00. The van der Waals surface area contributed by atoms with E-state index < -0.39 is 5.82 Å². The van der Waals surface area contributed by atoms with Crippen molar-refractivity contribution in [3.05, 3.63) is 46.3 Å². The number of aromatic nitrogens is 3. The average Bonchev–Trinajstić information content (AvgIpc) is 3.25. The summed E-state index contributed by atoms with van der Waals surface area (Å²) in [5.41, 5.74) is 1.20. The smallest absolute Gasteiger partial charge is 0.276 e. The highest BCUT2D eigenvalue weighted by Crippen LogP contribution is 2.34. The normalized spacial score (nSPS) is 15.1. The summed E-state index contributed by atoms with van der Waals surface area (Å²) in [5, 5.41) is 7.24. The molecule has 4 rings (SSSR count). The number of hydrogen-bond donors (Lipinski definition) is 1. The van der Waals surface area contributed by atoms with E-state index in [1.54, 1.807) is 24.2 Å². The van der Waals surface area contributed by atoms with E-state index >= 15 is 4.39 Å². The fourth-order valence-corrected chi connectivity index (χ4v) is 4.41. The molecule has 7 nitrogen and oxygen atoms in total. The molecule has 1 aliphatic heterocycles. The van der Waals surface area contributed by atoms with Crippen molar-refractivity contribution in [3.63, 3.8) is 0 Å². The number of nitrogens with zero attached hydrogens (tertiary/aromatic N) is 3. The Kier molecular flexibility index (Phi) is 5.56. The van der Waals surface area contributed by atoms with E-state index in [4.69, 9.17) is 4.74 Å². The second-order valence-electron chi connectivity index (χ2n) is 8.53. The highest BCUT2D eigenvalue weighted by molar-refractivity contribution is 5.99. The molecule has 1 N–H and O–H groups in total. The summed E-state index contributed by atoms with van der Waals surface area (Å²) in [4.78, 5) is 27.1. The van der Waals surface area contributed by atoms with Gasteiger partial charge in [-0.1, -0.05) is 13.8 Å². The van der Waals surface area contributed by atoms with Crippen molar-refractivity contribution in [2.75, 3.05) is 20.2 Å². The Morgan fingerprint density at radius 2 is 2.00 bits per heavy atom. The number of fused-ring (bicyclic) bond motifs is 1. The van der Waals surface area contributed by atoms with Crippen LogP contribution in [0, 0.1) is 17.7 Å². The summed E-state index contributed by atoms with van der Waals surface area (Å²) in [7, 11) is 3.05. The van der Waals surface area contributed by atoms with Crippen LogP contribution in [-0.2, 0) is 7.05 Å². The number of carbonyl (C=O) groups is 1. The standard InChI is InChI=1S/C23H27FN4O3/c1-13(2)14-5-7-28(8-6-14)22(29)20-18(24)9-15(10-19(20)31-4)17-12-27(3)23(30)21-16(17)11-25-26-21/h9-14H,5-8H2,1-4H3,(H,25,26). The Hall–Kier alpha value is -3.16. The monoisotopic (exact) mass is 426 g/mol. The van der Waals surface area contributed by atoms with Gasteiger partial charge in [0.15, 0.2) is 0 Å². The van der Waals surface area contributed by atoms with Gasteiger partial charge in [-0.15, -0.1) is 0 Å². The minimum atomic E-state index is -0.643. The number of ether oxygens (including phenoxy) is 1. The summed E-state index contributed by atoms with van der Waals surface area (Å²) < 4.78 is 22.1. The van der Waals surface area contributed by atoms with E-state index in [-0.39, 0.29) is 22.8 Å². The number of methoxy groups -OCH3 is 1. The number of aryl methyl sites for hydroxylation is 1. The minimum Gasteiger partial charge on any atom is -0.496 e. The third kappa shape index (κ3) is 3.71. The number of aromatic amines is 1. The topological polar surface area (TPSA) is 80.2 Å². The van der Waals surface area contributed by atoms with Gasteiger partial charge in [0.25, 0.3) is 11.5 Å². The van der Waals surface area contributed by atoms with Crippen LogP contribution in [0.1, 0.15) is 37.0 Å². The van der Waals surface area contributed by atoms with Crippen LogP contribution in [0.2, 0.25) is 0 Å². The zero-order chi connectivity index (χ0) is 22.3. The molecule has 1 aliphatic rings. The molecule has 31 heavy (non-hydrogen) atoms. The number of hydrogen-bond acceptors (Lipinski definition) is 4. The molecule has 2 aromatic heterocycles. The summed E-state index contributed by atoms with van der Waals surface area (Å²) >= 11 is 0. The molecule has 0 atom stereocenters. The maximum Gasteiger partial charge on any atom is 0.276 e. The number of H-pyrrole nitrogens is 1. The number of benzene rings is 1. The van der Waals surface area contributed by atoms with Gasteiger partial charge in [0, 0.05) is 37.3 Å². The van der Waals surface area contributed by atoms with E-state index in [0.29, 0.717) is 47.0 Å². The molecule has 0 spiro atoms. The fraction of sp³-hybridized carbons (Fsp3) is 0.435. The van der Waals surface area contributed by atoms with Gasteiger partial charge >= 0.3 is 0 Å². The maximum absolute atomic E-state index is 15.3. The molecule has 1 aromatic carbocycles. The lowest BCUT2D eigenvalue weighted by Gasteiger charge is -2.34. The Morgan fingerprint density at radius 3 is 2.65 bits per heavy atom. The van der Waals surface area contributed by atoms with Gasteiger partial charge in [-0.3, -0.25) is 14.7 Å². The molecule has 3 aromatic rings. The molecular weight excluding hydrogens is 399 g/mol. The van der Waals surface area contributed by atoms with E-state index in [9.17, 15) is 9.59 Å². The Bertz CT molecular complexity index is 1190. The van der Waals surface area contributed by atoms with Crippen LogP contribution in [0.15, 0.2) is 29.3 Å². The molecule has 8 heteroatoms. The molecule has 0 saturated carbocycles. The number of pyridine rings is 1. The second kappa shape index (κ2) is 8.17. The highest BCUT2D eigenvalue weighted by Gasteiger charge is 2.29. The first-order valence-corrected chi connectivity index (χ1v) is 10.5. The first-order chi connectivity index (χ1) is 14.8. The number of amides is 1. The predicted octanol–water partition coefficient (Wildman–Crippen LogP) is 3.58. The van der Waals surface area contributed by atoms with E-state index in [1.807, 2.05) is 0 Å². The number of rotatable bonds is 4. The van der Waals surface area contributed by atoms with Crippen LogP contribution in [-0.4, -0.2) is 45.8 Å². The van der Waals surface area contributed by atoms with Crippen molar-refractivity contribution in [2.45, 2.75) is 26.7 Å². The number of piperidine rings is 1. The molecule has 0 unspecified atom stereocenters. The van der Waals surface area contributed by atoms with E-state index in [0.717, 1.165) is 12.8 Å². The van der Waals surface area contributed by atoms with E-state index in [2.05, 4.69) is 24.0 Å². The lowest BCUT2D eigenvalue weighted by Crippen LogP contribution is -2.40. The molecule has 0 radical (unpaired) electrons. The molecule has 1 fully saturated rings. The van der Waals surface area contributed by atoms with Crippen molar-refractivity contribution in [1.82, 2.24) is 19.7 Å². The van der Waals surface area contributed by atoms with Crippen molar-refractivity contribution >= 4 is 16.8 Å². The quantitative estimate of drug-likeness (QED) is 0.692. The highest BCUT2D eigenvalue weighted by atomic mass is 19.1. The van der Waals surface area contributed by atoms with Gasteiger partial charge in [-0.05, 0) is 42.4 Å². The minimum absolute atomic E-state index is 0.0532. The van der Waals surface area contributed by atoms with Crippen LogP contribution >= 0.6 is 0 Å². The van der Waals surface area contributed by atoms with Crippen LogP contribution in [0.3, 0.4) is 0 Å². The Labute approximate surface area is 179 Å². The zero-order valence-corrected chi connectivity index (χ0v) is 18.2. The van der Waals surface area contributed by atoms with Gasteiger partial charge in [0.05, 0.1) is 13.3 Å². The van der Waals surface area contributed by atoms with Gasteiger partial charge in [-0.2, -0.15) is 5.10 Å². The summed E-state index contributed by atoms with van der Waals surface area (Å²) in [6, 6.07) is 2.96. The number of carbonyl (C=O) groups excluding carboxylic acids is 1. The maximum atomic E-state index is 15.3. The molecule has 3 heterocycles. The van der Waals surface area contributed by atoms with Gasteiger partial charge < -0.3 is 14.2 Å². The predicted molar refractivity (Wildman–Crippen MR) is 117 cm³/mol. The van der Waals surface area contributed by atoms with Crippen molar-refractivity contribution in [3.8, 4) is 16.9 Å². The summed E-state index contributed by atoms with van der Waals surface area (Å²) in [6.45, 7) is 5.62. The number of likely N-dealkylation sites (tertiary alicyclic amines) is 1. The average molecular weight is 426 g/mol. The van der Waals surface area contributed by atoms with Crippen molar-refractivity contribution < 1.29 is 13.9 Å². The largest absolute Gasteiger partial charge is 0.496 e. The van der Waals surface area contributed by atoms with Gasteiger partial charge in [-0.25, -0.2) is 4.39 Å². The molecule has 0 aliphatic carbocycles. The SMILES string of the molecule is COc1cc(-c2cn(C)c(=O)c3[nH]ncc23)cc(F)c1C(=O)N1CCC(C(C)C)CC1. The molecule has 164 valence electrons. The first kappa shape index (κ1) is 21.1. The van der Waals surface area contributed by atoms with E-state index in [1.165, 1.54) is 23.9 Å². The summed E-state index contributed by atoms with van der Waals surface area (Å²) in [5.74, 6) is 0.342. The third-order valence-corrected chi connectivity index (χ3v) is 6.35. The Morgan fingerprint density at radius 1 is 1.29 bits per heavy atom. The van der Waals surface area contributed by atoms with Crippen LogP contribution in [0.4, 0.5) is 4.39 Å². The van der Waals surface area contributed by atoms with Crippen LogP contribution in [0.5, 0.6) is 5.75 Å². The Balaban J connectivity index is 1.72. The second-order valence-corrected chi connectivity index (χ2v) is 8.53. The third-order valence-electron chi connectivity index (χ3n) is 6.35. The lowest BCUT2D eigenvalue weighted by atomic mass is 9.86. The van der Waals surface area contributed by atoms with Crippen molar-refractivity contribution in [2.24, 2.45) is 18.9 Å². The van der Waals surface area contributed by atoms with Crippen molar-refractivity contribution in [1.29, 1.82) is 0 Å². The number of nitrogens with one attached hydrogen (secondary N) is 1. The molecule has 0 bridgehead atoms. The van der Waals surface area contributed by atoms with Crippen LogP contribution in [0.25, 0.3) is 22.0 Å². The molecular formula is C23H27FN4O3. The van der Waals surface area contributed by atoms with Gasteiger partial charge in [0.2, 0.25) is 0 Å².